The third kappa shape index (κ3) is 5.30. The Morgan fingerprint density at radius 3 is 2.32 bits per heavy atom. The summed E-state index contributed by atoms with van der Waals surface area (Å²) < 4.78 is 5.49. The van der Waals surface area contributed by atoms with Crippen LogP contribution < -0.4 is 5.32 Å². The molecule has 1 aliphatic rings. The zero-order valence-corrected chi connectivity index (χ0v) is 15.7. The minimum Gasteiger partial charge on any atom is -0.375 e. The smallest absolute Gasteiger partial charge is 0.227 e. The number of carbonyl (C=O) groups is 2. The number of rotatable bonds is 5. The highest BCUT2D eigenvalue weighted by atomic mass is 16.5. The Morgan fingerprint density at radius 2 is 1.80 bits per heavy atom. The van der Waals surface area contributed by atoms with Gasteiger partial charge in [0.15, 0.2) is 0 Å². The summed E-state index contributed by atoms with van der Waals surface area (Å²) in [4.78, 5) is 26.6. The molecule has 2 rings (SSSR count). The number of ether oxygens (including phenoxy) is 1. The summed E-state index contributed by atoms with van der Waals surface area (Å²) in [6, 6.07) is 9.88. The third-order valence-corrected chi connectivity index (χ3v) is 4.71. The second kappa shape index (κ2) is 8.48. The fourth-order valence-corrected chi connectivity index (χ4v) is 3.16. The predicted octanol–water partition coefficient (Wildman–Crippen LogP) is 2.78. The Hall–Kier alpha value is -1.88. The second-order valence-corrected chi connectivity index (χ2v) is 7.70. The molecule has 1 aliphatic heterocycles. The maximum atomic E-state index is 12.5. The van der Waals surface area contributed by atoms with Crippen LogP contribution >= 0.6 is 0 Å². The maximum Gasteiger partial charge on any atom is 0.227 e. The molecular weight excluding hydrogens is 316 g/mol. The first-order valence-corrected chi connectivity index (χ1v) is 8.97. The summed E-state index contributed by atoms with van der Waals surface area (Å²) in [5.41, 5.74) is 0.687. The molecule has 0 aromatic heterocycles. The minimum absolute atomic E-state index is 0.0303. The van der Waals surface area contributed by atoms with Crippen LogP contribution in [0.1, 0.15) is 45.3 Å². The molecular formula is C20H30N2O3. The van der Waals surface area contributed by atoms with Crippen molar-refractivity contribution in [1.29, 1.82) is 0 Å². The third-order valence-electron chi connectivity index (χ3n) is 4.71. The first-order chi connectivity index (χ1) is 11.8. The number of hydrogen-bond acceptors (Lipinski definition) is 3. The molecule has 0 saturated carbocycles. The van der Waals surface area contributed by atoms with Crippen molar-refractivity contribution in [1.82, 2.24) is 10.2 Å². The molecule has 0 radical (unpaired) electrons. The van der Waals surface area contributed by atoms with E-state index in [-0.39, 0.29) is 29.3 Å². The topological polar surface area (TPSA) is 58.6 Å². The molecule has 5 nitrogen and oxygen atoms in total. The summed E-state index contributed by atoms with van der Waals surface area (Å²) in [6.07, 6.45) is 1.29. The van der Waals surface area contributed by atoms with Crippen LogP contribution in [0.2, 0.25) is 0 Å². The first kappa shape index (κ1) is 19.4. The number of benzene rings is 1. The van der Waals surface area contributed by atoms with Gasteiger partial charge in [-0.2, -0.15) is 0 Å². The number of hydrogen-bond donors (Lipinski definition) is 1. The van der Waals surface area contributed by atoms with Crippen LogP contribution in [0.5, 0.6) is 0 Å². The van der Waals surface area contributed by atoms with E-state index in [1.807, 2.05) is 56.0 Å². The summed E-state index contributed by atoms with van der Waals surface area (Å²) in [7, 11) is 1.65. The van der Waals surface area contributed by atoms with Gasteiger partial charge in [-0.1, -0.05) is 51.1 Å². The highest BCUT2D eigenvalue weighted by Crippen LogP contribution is 2.24. The van der Waals surface area contributed by atoms with Gasteiger partial charge in [0.05, 0.1) is 6.10 Å². The zero-order chi connectivity index (χ0) is 18.4. The zero-order valence-electron chi connectivity index (χ0n) is 15.7. The highest BCUT2D eigenvalue weighted by molar-refractivity contribution is 5.82. The molecule has 1 atom stereocenters. The molecule has 25 heavy (non-hydrogen) atoms. The average Bonchev–Trinajstić information content (AvgIpc) is 2.61. The van der Waals surface area contributed by atoms with Crippen LogP contribution in [-0.4, -0.2) is 43.5 Å². The van der Waals surface area contributed by atoms with Crippen molar-refractivity contribution < 1.29 is 14.3 Å². The molecule has 138 valence electrons. The van der Waals surface area contributed by atoms with E-state index in [4.69, 9.17) is 4.74 Å². The van der Waals surface area contributed by atoms with Crippen LogP contribution in [0.15, 0.2) is 30.3 Å². The molecule has 1 saturated heterocycles. The van der Waals surface area contributed by atoms with E-state index in [2.05, 4.69) is 5.32 Å². The second-order valence-electron chi connectivity index (χ2n) is 7.70. The molecule has 1 fully saturated rings. The van der Waals surface area contributed by atoms with Gasteiger partial charge in [0, 0.05) is 38.1 Å². The Morgan fingerprint density at radius 1 is 1.20 bits per heavy atom. The summed E-state index contributed by atoms with van der Waals surface area (Å²) in [5.74, 6) is 0.188. The lowest BCUT2D eigenvalue weighted by Crippen LogP contribution is -2.47. The van der Waals surface area contributed by atoms with E-state index < -0.39 is 0 Å². The molecule has 1 N–H and O–H groups in total. The van der Waals surface area contributed by atoms with Gasteiger partial charge in [0.25, 0.3) is 0 Å². The number of nitrogens with zero attached hydrogens (tertiary/aromatic N) is 1. The van der Waals surface area contributed by atoms with E-state index in [9.17, 15) is 9.59 Å². The van der Waals surface area contributed by atoms with Crippen LogP contribution in [0.3, 0.4) is 0 Å². The van der Waals surface area contributed by atoms with Gasteiger partial charge in [-0.3, -0.25) is 9.59 Å². The number of amides is 2. The normalized spacial score (nSPS) is 17.2. The van der Waals surface area contributed by atoms with Crippen molar-refractivity contribution in [3.63, 3.8) is 0 Å². The van der Waals surface area contributed by atoms with Gasteiger partial charge < -0.3 is 15.0 Å². The minimum atomic E-state index is -0.365. The standard InChI is InChI=1S/C20H30N2O3/c1-20(2,3)19(24)22-12-10-16(11-13-22)18(23)21-14-17(25-4)15-8-6-5-7-9-15/h5-9,16-17H,10-14H2,1-4H3,(H,21,23). The fraction of sp³-hybridized carbons (Fsp3) is 0.600. The number of methoxy groups -OCH3 is 1. The van der Waals surface area contributed by atoms with Gasteiger partial charge >= 0.3 is 0 Å². The predicted molar refractivity (Wildman–Crippen MR) is 98.0 cm³/mol. The monoisotopic (exact) mass is 346 g/mol. The lowest BCUT2D eigenvalue weighted by molar-refractivity contribution is -0.142. The Kier molecular flexibility index (Phi) is 6.59. The SMILES string of the molecule is COC(CNC(=O)C1CCN(C(=O)C(C)(C)C)CC1)c1ccccc1. The first-order valence-electron chi connectivity index (χ1n) is 8.97. The van der Waals surface area contributed by atoms with Crippen LogP contribution in [-0.2, 0) is 14.3 Å². The number of likely N-dealkylation sites (tertiary alicyclic amines) is 1. The van der Waals surface area contributed by atoms with Gasteiger partial charge in [-0.05, 0) is 18.4 Å². The van der Waals surface area contributed by atoms with Crippen molar-refractivity contribution in [2.45, 2.75) is 39.7 Å². The van der Waals surface area contributed by atoms with Crippen molar-refractivity contribution in [2.24, 2.45) is 11.3 Å². The van der Waals surface area contributed by atoms with Gasteiger partial charge in [-0.15, -0.1) is 0 Å². The van der Waals surface area contributed by atoms with E-state index >= 15 is 0 Å². The van der Waals surface area contributed by atoms with Gasteiger partial charge in [0.2, 0.25) is 11.8 Å². The molecule has 1 aromatic rings. The van der Waals surface area contributed by atoms with E-state index in [0.717, 1.165) is 18.4 Å². The molecule has 5 heteroatoms. The van der Waals surface area contributed by atoms with Crippen molar-refractivity contribution in [2.75, 3.05) is 26.7 Å². The number of nitrogens with one attached hydrogen (secondary N) is 1. The molecule has 1 unspecified atom stereocenters. The fourth-order valence-electron chi connectivity index (χ4n) is 3.16. The quantitative estimate of drug-likeness (QED) is 0.892. The molecule has 1 heterocycles. The van der Waals surface area contributed by atoms with Crippen LogP contribution in [0.4, 0.5) is 0 Å². The van der Waals surface area contributed by atoms with Crippen molar-refractivity contribution >= 4 is 11.8 Å². The molecule has 0 bridgehead atoms. The summed E-state index contributed by atoms with van der Waals surface area (Å²) in [6.45, 7) is 7.56. The Bertz CT molecular complexity index is 572. The molecule has 0 spiro atoms. The Balaban J connectivity index is 1.82. The van der Waals surface area contributed by atoms with Gasteiger partial charge in [-0.25, -0.2) is 0 Å². The largest absolute Gasteiger partial charge is 0.375 e. The Labute approximate surface area is 150 Å². The number of piperidine rings is 1. The summed E-state index contributed by atoms with van der Waals surface area (Å²) >= 11 is 0. The average molecular weight is 346 g/mol. The number of carbonyl (C=O) groups excluding carboxylic acids is 2. The molecule has 2 amide bonds. The van der Waals surface area contributed by atoms with Crippen molar-refractivity contribution in [3.05, 3.63) is 35.9 Å². The van der Waals surface area contributed by atoms with Crippen LogP contribution in [0.25, 0.3) is 0 Å². The van der Waals surface area contributed by atoms with E-state index in [1.54, 1.807) is 7.11 Å². The highest BCUT2D eigenvalue weighted by Gasteiger charge is 2.32. The lowest BCUT2D eigenvalue weighted by Gasteiger charge is -2.35. The van der Waals surface area contributed by atoms with E-state index in [1.165, 1.54) is 0 Å². The van der Waals surface area contributed by atoms with Gasteiger partial charge in [0.1, 0.15) is 0 Å². The molecule has 1 aromatic carbocycles. The van der Waals surface area contributed by atoms with Crippen molar-refractivity contribution in [3.8, 4) is 0 Å². The lowest BCUT2D eigenvalue weighted by atomic mass is 9.90. The van der Waals surface area contributed by atoms with Crippen LogP contribution in [0, 0.1) is 11.3 Å². The molecule has 0 aliphatic carbocycles. The summed E-state index contributed by atoms with van der Waals surface area (Å²) in [5, 5.41) is 3.01. The van der Waals surface area contributed by atoms with E-state index in [0.29, 0.717) is 19.6 Å². The maximum absolute atomic E-state index is 12.5.